The molecule has 4 aromatic carbocycles. The number of rotatable bonds is 8. The van der Waals surface area contributed by atoms with E-state index in [-0.39, 0.29) is 11.8 Å². The molecule has 2 fully saturated rings. The molecule has 4 aromatic rings. The summed E-state index contributed by atoms with van der Waals surface area (Å²) < 4.78 is 12.1. The number of ether oxygens (including phenoxy) is 2. The Kier molecular flexibility index (Phi) is 6.97. The van der Waals surface area contributed by atoms with Gasteiger partial charge in [-0.2, -0.15) is 0 Å². The highest BCUT2D eigenvalue weighted by Gasteiger charge is 2.60. The molecule has 2 aliphatic heterocycles. The first-order valence-corrected chi connectivity index (χ1v) is 13.4. The van der Waals surface area contributed by atoms with Crippen LogP contribution in [0.3, 0.4) is 0 Å². The van der Waals surface area contributed by atoms with Crippen molar-refractivity contribution >= 4 is 23.2 Å². The number of benzene rings is 4. The molecule has 3 atom stereocenters. The van der Waals surface area contributed by atoms with E-state index < -0.39 is 18.1 Å². The van der Waals surface area contributed by atoms with Crippen molar-refractivity contribution in [3.8, 4) is 11.5 Å². The number of nitrogens with zero attached hydrogens (tertiary/aromatic N) is 2. The molecule has 7 nitrogen and oxygen atoms in total. The van der Waals surface area contributed by atoms with E-state index in [1.165, 1.54) is 4.90 Å². The van der Waals surface area contributed by atoms with Crippen LogP contribution < -0.4 is 19.4 Å². The molecule has 0 N–H and O–H groups in total. The molecule has 2 amide bonds. The summed E-state index contributed by atoms with van der Waals surface area (Å²) >= 11 is 0. The quantitative estimate of drug-likeness (QED) is 0.258. The van der Waals surface area contributed by atoms with Gasteiger partial charge in [-0.05, 0) is 66.9 Å². The van der Waals surface area contributed by atoms with Crippen LogP contribution in [0.4, 0.5) is 11.4 Å². The molecule has 202 valence electrons. The van der Waals surface area contributed by atoms with Crippen molar-refractivity contribution in [2.75, 3.05) is 16.6 Å². The summed E-state index contributed by atoms with van der Waals surface area (Å²) in [5, 5.41) is 1.69. The molecular formula is C33H30N2O5. The third kappa shape index (κ3) is 4.69. The highest BCUT2D eigenvalue weighted by Crippen LogP contribution is 2.48. The number of hydrogen-bond acceptors (Lipinski definition) is 6. The average molecular weight is 535 g/mol. The Balaban J connectivity index is 1.38. The normalized spacial score (nSPS) is 20.1. The molecule has 2 heterocycles. The number of aryl methyl sites for hydroxylation is 1. The molecule has 7 heteroatoms. The largest absolute Gasteiger partial charge is 0.490 e. The fourth-order valence-electron chi connectivity index (χ4n) is 5.41. The highest BCUT2D eigenvalue weighted by molar-refractivity contribution is 6.24. The van der Waals surface area contributed by atoms with Crippen molar-refractivity contribution in [3.63, 3.8) is 0 Å². The van der Waals surface area contributed by atoms with Crippen molar-refractivity contribution in [1.29, 1.82) is 0 Å². The number of carbonyl (C=O) groups excluding carboxylic acids is 2. The summed E-state index contributed by atoms with van der Waals surface area (Å²) in [5.41, 5.74) is 4.11. The van der Waals surface area contributed by atoms with Crippen LogP contribution in [-0.2, 0) is 21.0 Å². The van der Waals surface area contributed by atoms with Gasteiger partial charge < -0.3 is 9.47 Å². The SMILES string of the molecule is CCOc1cc([C@H]2[C@@H]3C(=O)N(c4cccc(C)c4)C(=O)[C@H]3ON2c2ccccc2)ccc1OCc1ccccc1. The van der Waals surface area contributed by atoms with Crippen LogP contribution in [0.5, 0.6) is 11.5 Å². The summed E-state index contributed by atoms with van der Waals surface area (Å²) in [6, 6.07) is 32.0. The summed E-state index contributed by atoms with van der Waals surface area (Å²) in [6.07, 6.45) is -0.942. The fourth-order valence-corrected chi connectivity index (χ4v) is 5.41. The fraction of sp³-hybridized carbons (Fsp3) is 0.212. The van der Waals surface area contributed by atoms with Gasteiger partial charge in [0, 0.05) is 0 Å². The minimum Gasteiger partial charge on any atom is -0.490 e. The molecular weight excluding hydrogens is 504 g/mol. The van der Waals surface area contributed by atoms with Crippen LogP contribution in [0.2, 0.25) is 0 Å². The zero-order valence-corrected chi connectivity index (χ0v) is 22.4. The first kappa shape index (κ1) is 25.6. The standard InChI is InChI=1S/C33H30N2O5/c1-3-38-28-20-24(17-18-27(28)39-21-23-12-6-4-7-13-23)30-29-31(40-35(30)25-14-8-5-9-15-25)33(37)34(32(29)36)26-16-10-11-22(2)19-26/h4-20,29-31H,3,21H2,1-2H3/t29-,30-,31-/m0/s1. The first-order chi connectivity index (χ1) is 19.5. The predicted octanol–water partition coefficient (Wildman–Crippen LogP) is 6.02. The van der Waals surface area contributed by atoms with Gasteiger partial charge in [0.2, 0.25) is 5.91 Å². The van der Waals surface area contributed by atoms with Crippen LogP contribution >= 0.6 is 0 Å². The minimum atomic E-state index is -0.942. The van der Waals surface area contributed by atoms with Crippen LogP contribution in [0.25, 0.3) is 0 Å². The van der Waals surface area contributed by atoms with Gasteiger partial charge in [0.05, 0.1) is 24.0 Å². The Labute approximate surface area is 233 Å². The van der Waals surface area contributed by atoms with Gasteiger partial charge in [-0.3, -0.25) is 14.4 Å². The molecule has 0 saturated carbocycles. The van der Waals surface area contributed by atoms with Crippen LogP contribution in [0, 0.1) is 12.8 Å². The zero-order chi connectivity index (χ0) is 27.6. The number of carbonyl (C=O) groups is 2. The van der Waals surface area contributed by atoms with E-state index in [0.717, 1.165) is 22.4 Å². The predicted molar refractivity (Wildman–Crippen MR) is 152 cm³/mol. The van der Waals surface area contributed by atoms with E-state index in [1.54, 1.807) is 11.1 Å². The number of hydroxylamine groups is 1. The maximum Gasteiger partial charge on any atom is 0.266 e. The number of imide groups is 1. The van der Waals surface area contributed by atoms with Crippen molar-refractivity contribution in [1.82, 2.24) is 0 Å². The van der Waals surface area contributed by atoms with Gasteiger partial charge in [-0.25, -0.2) is 9.96 Å². The Hall–Kier alpha value is -4.62. The maximum atomic E-state index is 13.9. The molecule has 0 aliphatic carbocycles. The highest BCUT2D eigenvalue weighted by atomic mass is 16.7. The number of para-hydroxylation sites is 1. The topological polar surface area (TPSA) is 68.3 Å². The Morgan fingerprint density at radius 3 is 2.20 bits per heavy atom. The molecule has 40 heavy (non-hydrogen) atoms. The Morgan fingerprint density at radius 1 is 0.750 bits per heavy atom. The van der Waals surface area contributed by atoms with Crippen LogP contribution in [0.1, 0.15) is 29.7 Å². The van der Waals surface area contributed by atoms with Crippen molar-refractivity contribution in [2.45, 2.75) is 32.6 Å². The second-order valence-electron chi connectivity index (χ2n) is 9.92. The number of hydrogen-bond donors (Lipinski definition) is 0. The molecule has 0 aromatic heterocycles. The summed E-state index contributed by atoms with van der Waals surface area (Å²) in [5.74, 6) is -0.215. The number of fused-ring (bicyclic) bond motifs is 1. The van der Waals surface area contributed by atoms with Gasteiger partial charge >= 0.3 is 0 Å². The van der Waals surface area contributed by atoms with Gasteiger partial charge in [-0.15, -0.1) is 0 Å². The van der Waals surface area contributed by atoms with Crippen LogP contribution in [0.15, 0.2) is 103 Å². The van der Waals surface area contributed by atoms with E-state index >= 15 is 0 Å². The molecule has 2 aliphatic rings. The van der Waals surface area contributed by atoms with Crippen LogP contribution in [-0.4, -0.2) is 24.5 Å². The lowest BCUT2D eigenvalue weighted by Crippen LogP contribution is -2.37. The maximum absolute atomic E-state index is 13.9. The Bertz CT molecular complexity index is 1520. The number of amides is 2. The van der Waals surface area contributed by atoms with E-state index in [4.69, 9.17) is 14.3 Å². The van der Waals surface area contributed by atoms with E-state index in [2.05, 4.69) is 0 Å². The van der Waals surface area contributed by atoms with E-state index in [9.17, 15) is 9.59 Å². The lowest BCUT2D eigenvalue weighted by molar-refractivity contribution is -0.126. The first-order valence-electron chi connectivity index (χ1n) is 13.4. The molecule has 2 saturated heterocycles. The van der Waals surface area contributed by atoms with Gasteiger partial charge in [0.1, 0.15) is 12.5 Å². The van der Waals surface area contributed by atoms with Gasteiger partial charge in [0.25, 0.3) is 5.91 Å². The summed E-state index contributed by atoms with van der Waals surface area (Å²) in [7, 11) is 0. The van der Waals surface area contributed by atoms with E-state index in [0.29, 0.717) is 30.4 Å². The lowest BCUT2D eigenvalue weighted by atomic mass is 9.90. The monoisotopic (exact) mass is 534 g/mol. The number of anilines is 2. The second-order valence-corrected chi connectivity index (χ2v) is 9.92. The summed E-state index contributed by atoms with van der Waals surface area (Å²) in [6.45, 7) is 4.69. The summed E-state index contributed by atoms with van der Waals surface area (Å²) in [4.78, 5) is 35.1. The van der Waals surface area contributed by atoms with Crippen molar-refractivity contribution < 1.29 is 23.9 Å². The average Bonchev–Trinajstić information content (AvgIpc) is 3.49. The van der Waals surface area contributed by atoms with E-state index in [1.807, 2.05) is 111 Å². The third-order valence-electron chi connectivity index (χ3n) is 7.23. The second kappa shape index (κ2) is 10.9. The van der Waals surface area contributed by atoms with Crippen molar-refractivity contribution in [2.24, 2.45) is 5.92 Å². The smallest absolute Gasteiger partial charge is 0.266 e. The Morgan fingerprint density at radius 2 is 1.48 bits per heavy atom. The van der Waals surface area contributed by atoms with Crippen molar-refractivity contribution in [3.05, 3.63) is 120 Å². The molecule has 0 bridgehead atoms. The lowest BCUT2D eigenvalue weighted by Gasteiger charge is -2.29. The zero-order valence-electron chi connectivity index (χ0n) is 22.4. The molecule has 0 unspecified atom stereocenters. The van der Waals surface area contributed by atoms with Gasteiger partial charge in [-0.1, -0.05) is 66.7 Å². The third-order valence-corrected chi connectivity index (χ3v) is 7.23. The molecule has 6 rings (SSSR count). The minimum absolute atomic E-state index is 0.286. The molecule has 0 spiro atoms. The molecule has 0 radical (unpaired) electrons. The van der Waals surface area contributed by atoms with Gasteiger partial charge in [0.15, 0.2) is 17.6 Å².